The second-order valence-electron chi connectivity index (χ2n) is 10.0. The molecule has 7 nitrogen and oxygen atoms in total. The SMILES string of the molecule is COc1ccccc1-c1c[nH]c2ncc(-c3cc(F)cc(C(=O)N4CCN(CCCN(C)C)CC4)c3)cc12. The summed E-state index contributed by atoms with van der Waals surface area (Å²) in [5.41, 5.74) is 4.34. The number of ether oxygens (including phenoxy) is 1. The minimum absolute atomic E-state index is 0.135. The van der Waals surface area contributed by atoms with Gasteiger partial charge in [-0.1, -0.05) is 18.2 Å². The Kier molecular flexibility index (Phi) is 7.72. The minimum atomic E-state index is -0.438. The molecule has 0 bridgehead atoms. The molecule has 38 heavy (non-hydrogen) atoms. The first-order valence-corrected chi connectivity index (χ1v) is 13.0. The van der Waals surface area contributed by atoms with E-state index in [9.17, 15) is 9.18 Å². The van der Waals surface area contributed by atoms with E-state index >= 15 is 0 Å². The number of carbonyl (C=O) groups excluding carboxylic acids is 1. The van der Waals surface area contributed by atoms with E-state index in [1.807, 2.05) is 41.4 Å². The average Bonchev–Trinajstić information content (AvgIpc) is 3.35. The maximum absolute atomic E-state index is 14.8. The number of benzene rings is 2. The summed E-state index contributed by atoms with van der Waals surface area (Å²) in [4.78, 5) is 27.5. The average molecular weight is 516 g/mol. The zero-order valence-corrected chi connectivity index (χ0v) is 22.2. The lowest BCUT2D eigenvalue weighted by Gasteiger charge is -2.35. The lowest BCUT2D eigenvalue weighted by molar-refractivity contribution is 0.0633. The Balaban J connectivity index is 1.37. The number of pyridine rings is 1. The van der Waals surface area contributed by atoms with Crippen LogP contribution in [0.2, 0.25) is 0 Å². The number of aromatic amines is 1. The second kappa shape index (κ2) is 11.3. The van der Waals surface area contributed by atoms with Crippen LogP contribution in [-0.4, -0.2) is 91.0 Å². The van der Waals surface area contributed by atoms with Gasteiger partial charge in [-0.3, -0.25) is 9.69 Å². The van der Waals surface area contributed by atoms with E-state index in [4.69, 9.17) is 4.74 Å². The third-order valence-electron chi connectivity index (χ3n) is 7.15. The summed E-state index contributed by atoms with van der Waals surface area (Å²) in [6, 6.07) is 14.3. The smallest absolute Gasteiger partial charge is 0.254 e. The van der Waals surface area contributed by atoms with E-state index in [1.165, 1.54) is 12.1 Å². The van der Waals surface area contributed by atoms with Crippen molar-refractivity contribution in [3.8, 4) is 28.0 Å². The normalized spacial score (nSPS) is 14.4. The molecule has 1 aliphatic heterocycles. The highest BCUT2D eigenvalue weighted by Crippen LogP contribution is 2.36. The number of piperazine rings is 1. The monoisotopic (exact) mass is 515 g/mol. The van der Waals surface area contributed by atoms with Gasteiger partial charge in [0, 0.05) is 66.2 Å². The largest absolute Gasteiger partial charge is 0.496 e. The number of amides is 1. The molecule has 0 atom stereocenters. The van der Waals surface area contributed by atoms with Crippen LogP contribution in [-0.2, 0) is 0 Å². The second-order valence-corrected chi connectivity index (χ2v) is 10.0. The van der Waals surface area contributed by atoms with Gasteiger partial charge in [-0.25, -0.2) is 9.37 Å². The molecular weight excluding hydrogens is 481 g/mol. The minimum Gasteiger partial charge on any atom is -0.496 e. The maximum atomic E-state index is 14.8. The number of fused-ring (bicyclic) bond motifs is 1. The Labute approximate surface area is 222 Å². The summed E-state index contributed by atoms with van der Waals surface area (Å²) in [6.45, 7) is 5.03. The molecule has 1 aliphatic rings. The van der Waals surface area contributed by atoms with E-state index in [2.05, 4.69) is 33.9 Å². The molecule has 2 aromatic heterocycles. The molecule has 0 aliphatic carbocycles. The lowest BCUT2D eigenvalue weighted by Crippen LogP contribution is -2.49. The van der Waals surface area contributed by atoms with Crippen molar-refractivity contribution in [2.24, 2.45) is 0 Å². The van der Waals surface area contributed by atoms with Crippen molar-refractivity contribution in [1.29, 1.82) is 0 Å². The van der Waals surface area contributed by atoms with Crippen LogP contribution < -0.4 is 4.74 Å². The Bertz CT molecular complexity index is 1430. The number of nitrogens with zero attached hydrogens (tertiary/aromatic N) is 4. The van der Waals surface area contributed by atoms with Gasteiger partial charge < -0.3 is 19.5 Å². The van der Waals surface area contributed by atoms with Crippen molar-refractivity contribution in [1.82, 2.24) is 24.7 Å². The molecule has 4 aromatic rings. The summed E-state index contributed by atoms with van der Waals surface area (Å²) in [7, 11) is 5.80. The van der Waals surface area contributed by atoms with E-state index in [1.54, 1.807) is 19.4 Å². The highest BCUT2D eigenvalue weighted by molar-refractivity contribution is 5.98. The number of aromatic nitrogens is 2. The molecule has 0 radical (unpaired) electrons. The molecule has 198 valence electrons. The van der Waals surface area contributed by atoms with Crippen molar-refractivity contribution < 1.29 is 13.9 Å². The first kappa shape index (κ1) is 25.9. The van der Waals surface area contributed by atoms with Gasteiger partial charge in [-0.15, -0.1) is 0 Å². The standard InChI is InChI=1S/C30H34FN5O2/c1-34(2)9-6-10-35-11-13-36(14-12-35)30(37)22-15-21(16-24(31)17-22)23-18-26-27(20-33-29(26)32-19-23)25-7-4-5-8-28(25)38-3/h4-5,7-8,15-20H,6,9-14H2,1-3H3,(H,32,33). The molecule has 5 rings (SSSR count). The van der Waals surface area contributed by atoms with Crippen LogP contribution in [0.4, 0.5) is 4.39 Å². The number of para-hydroxylation sites is 1. The molecule has 1 saturated heterocycles. The molecular formula is C30H34FN5O2. The van der Waals surface area contributed by atoms with E-state index in [-0.39, 0.29) is 5.91 Å². The molecule has 1 fully saturated rings. The fourth-order valence-electron chi connectivity index (χ4n) is 5.10. The first-order valence-electron chi connectivity index (χ1n) is 13.0. The van der Waals surface area contributed by atoms with Crippen molar-refractivity contribution in [2.45, 2.75) is 6.42 Å². The number of hydrogen-bond donors (Lipinski definition) is 1. The topological polar surface area (TPSA) is 64.7 Å². The number of H-pyrrole nitrogens is 1. The zero-order valence-electron chi connectivity index (χ0n) is 22.2. The molecule has 3 heterocycles. The van der Waals surface area contributed by atoms with Gasteiger partial charge >= 0.3 is 0 Å². The van der Waals surface area contributed by atoms with Crippen LogP contribution in [0, 0.1) is 5.82 Å². The molecule has 1 N–H and O–H groups in total. The molecule has 0 saturated carbocycles. The molecule has 8 heteroatoms. The Morgan fingerprint density at radius 1 is 1.05 bits per heavy atom. The Morgan fingerprint density at radius 2 is 1.84 bits per heavy atom. The number of carbonyl (C=O) groups is 1. The third kappa shape index (κ3) is 5.56. The number of halogens is 1. The van der Waals surface area contributed by atoms with Gasteiger partial charge in [0.15, 0.2) is 0 Å². The highest BCUT2D eigenvalue weighted by Gasteiger charge is 2.23. The molecule has 2 aromatic carbocycles. The maximum Gasteiger partial charge on any atom is 0.254 e. The predicted molar refractivity (Wildman–Crippen MR) is 149 cm³/mol. The molecule has 0 spiro atoms. The van der Waals surface area contributed by atoms with Crippen molar-refractivity contribution in [2.75, 3.05) is 60.5 Å². The van der Waals surface area contributed by atoms with E-state index in [0.717, 1.165) is 66.1 Å². The van der Waals surface area contributed by atoms with Crippen LogP contribution in [0.15, 0.2) is 60.9 Å². The van der Waals surface area contributed by atoms with Crippen molar-refractivity contribution >= 4 is 16.9 Å². The van der Waals surface area contributed by atoms with Gasteiger partial charge in [0.1, 0.15) is 17.2 Å². The Hall–Kier alpha value is -3.75. The van der Waals surface area contributed by atoms with Crippen LogP contribution in [0.5, 0.6) is 5.75 Å². The zero-order chi connectivity index (χ0) is 26.6. The van der Waals surface area contributed by atoms with Gasteiger partial charge in [-0.05, 0) is 69.5 Å². The quantitative estimate of drug-likeness (QED) is 0.367. The number of rotatable bonds is 8. The summed E-state index contributed by atoms with van der Waals surface area (Å²) >= 11 is 0. The third-order valence-corrected chi connectivity index (χ3v) is 7.15. The summed E-state index contributed by atoms with van der Waals surface area (Å²) in [5, 5.41) is 0.898. The number of methoxy groups -OCH3 is 1. The summed E-state index contributed by atoms with van der Waals surface area (Å²) in [5.74, 6) is 0.187. The van der Waals surface area contributed by atoms with Crippen LogP contribution in [0.25, 0.3) is 33.3 Å². The Morgan fingerprint density at radius 3 is 2.61 bits per heavy atom. The van der Waals surface area contributed by atoms with Crippen molar-refractivity contribution in [3.05, 3.63) is 72.3 Å². The number of hydrogen-bond acceptors (Lipinski definition) is 5. The number of nitrogens with one attached hydrogen (secondary N) is 1. The van der Waals surface area contributed by atoms with Crippen LogP contribution in [0.3, 0.4) is 0 Å². The highest BCUT2D eigenvalue weighted by atomic mass is 19.1. The first-order chi connectivity index (χ1) is 18.4. The lowest BCUT2D eigenvalue weighted by atomic mass is 10.00. The summed E-state index contributed by atoms with van der Waals surface area (Å²) in [6.07, 6.45) is 4.72. The van der Waals surface area contributed by atoms with Gasteiger partial charge in [0.05, 0.1) is 7.11 Å². The van der Waals surface area contributed by atoms with Crippen LogP contribution >= 0.6 is 0 Å². The van der Waals surface area contributed by atoms with Gasteiger partial charge in [-0.2, -0.15) is 0 Å². The fourth-order valence-corrected chi connectivity index (χ4v) is 5.10. The molecule has 1 amide bonds. The van der Waals surface area contributed by atoms with E-state index in [0.29, 0.717) is 24.2 Å². The van der Waals surface area contributed by atoms with Gasteiger partial charge in [0.2, 0.25) is 0 Å². The predicted octanol–water partition coefficient (Wildman–Crippen LogP) is 4.75. The summed E-state index contributed by atoms with van der Waals surface area (Å²) < 4.78 is 20.3. The fraction of sp³-hybridized carbons (Fsp3) is 0.333. The molecule has 0 unspecified atom stereocenters. The van der Waals surface area contributed by atoms with Crippen LogP contribution in [0.1, 0.15) is 16.8 Å². The van der Waals surface area contributed by atoms with E-state index < -0.39 is 5.82 Å². The van der Waals surface area contributed by atoms with Gasteiger partial charge in [0.25, 0.3) is 5.91 Å². The van der Waals surface area contributed by atoms with Crippen molar-refractivity contribution in [3.63, 3.8) is 0 Å².